The summed E-state index contributed by atoms with van der Waals surface area (Å²) in [4.78, 5) is 19.8. The van der Waals surface area contributed by atoms with E-state index >= 15 is 0 Å². The van der Waals surface area contributed by atoms with Gasteiger partial charge in [-0.2, -0.15) is 0 Å². The van der Waals surface area contributed by atoms with Crippen molar-refractivity contribution in [3.63, 3.8) is 0 Å². The van der Waals surface area contributed by atoms with Gasteiger partial charge in [0.15, 0.2) is 5.16 Å². The Morgan fingerprint density at radius 3 is 2.62 bits per heavy atom. The number of ether oxygens (including phenoxy) is 1. The molecule has 3 aliphatic rings. The van der Waals surface area contributed by atoms with E-state index in [1.807, 2.05) is 0 Å². The standard InChI is InChI=1S/C27H36N2O2S/c1-18(2)32-25-28-23-21-11-7-6-10-19(21)16-27(13-8-5-9-14-27)22(23)24(30)29(25)20-12-15-31-26(3,4)17-20/h6-7,10-11,18,20H,5,8-9,12-17H2,1-4H3/t20-/m0/s1. The fraction of sp³-hybridized carbons (Fsp3) is 0.630. The van der Waals surface area contributed by atoms with E-state index in [1.54, 1.807) is 11.8 Å². The second kappa shape index (κ2) is 8.32. The Balaban J connectivity index is 1.76. The van der Waals surface area contributed by atoms with Gasteiger partial charge in [-0.25, -0.2) is 4.98 Å². The highest BCUT2D eigenvalue weighted by Crippen LogP contribution is 2.49. The van der Waals surface area contributed by atoms with Crippen LogP contribution in [0.4, 0.5) is 0 Å². The summed E-state index contributed by atoms with van der Waals surface area (Å²) < 4.78 is 8.09. The Kier molecular flexibility index (Phi) is 5.78. The monoisotopic (exact) mass is 452 g/mol. The molecule has 1 aliphatic heterocycles. The van der Waals surface area contributed by atoms with Crippen LogP contribution in [0.1, 0.15) is 89.8 Å². The highest BCUT2D eigenvalue weighted by atomic mass is 32.2. The minimum absolute atomic E-state index is 0.0600. The first kappa shape index (κ1) is 22.2. The highest BCUT2D eigenvalue weighted by molar-refractivity contribution is 7.99. The summed E-state index contributed by atoms with van der Waals surface area (Å²) in [7, 11) is 0. The Morgan fingerprint density at radius 1 is 1.16 bits per heavy atom. The molecule has 0 radical (unpaired) electrons. The lowest BCUT2D eigenvalue weighted by atomic mass is 9.62. The largest absolute Gasteiger partial charge is 0.375 e. The summed E-state index contributed by atoms with van der Waals surface area (Å²) in [5, 5.41) is 1.25. The Labute approximate surface area is 196 Å². The van der Waals surface area contributed by atoms with Crippen LogP contribution in [0.2, 0.25) is 0 Å². The topological polar surface area (TPSA) is 44.1 Å². The molecular formula is C27H36N2O2S. The molecule has 1 aromatic carbocycles. The first-order chi connectivity index (χ1) is 15.3. The van der Waals surface area contributed by atoms with Gasteiger partial charge >= 0.3 is 0 Å². The van der Waals surface area contributed by atoms with Crippen LogP contribution < -0.4 is 5.56 Å². The molecule has 32 heavy (non-hydrogen) atoms. The average molecular weight is 453 g/mol. The van der Waals surface area contributed by atoms with Gasteiger partial charge in [0.05, 0.1) is 16.9 Å². The van der Waals surface area contributed by atoms with Gasteiger partial charge in [0, 0.05) is 28.9 Å². The second-order valence-corrected chi connectivity index (χ2v) is 12.4. The van der Waals surface area contributed by atoms with Gasteiger partial charge in [-0.05, 0) is 51.5 Å². The number of fused-ring (bicyclic) bond motifs is 4. The number of aromatic nitrogens is 2. The summed E-state index contributed by atoms with van der Waals surface area (Å²) >= 11 is 1.73. The maximum Gasteiger partial charge on any atom is 0.258 e. The molecule has 0 unspecified atom stereocenters. The molecule has 0 amide bonds. The van der Waals surface area contributed by atoms with Crippen molar-refractivity contribution in [2.45, 2.75) is 107 Å². The van der Waals surface area contributed by atoms with Crippen molar-refractivity contribution in [3.8, 4) is 11.3 Å². The summed E-state index contributed by atoms with van der Waals surface area (Å²) in [6.07, 6.45) is 8.57. The lowest BCUT2D eigenvalue weighted by molar-refractivity contribution is -0.0710. The van der Waals surface area contributed by atoms with E-state index in [9.17, 15) is 4.79 Å². The molecule has 2 aliphatic carbocycles. The van der Waals surface area contributed by atoms with Crippen molar-refractivity contribution in [2.24, 2.45) is 0 Å². The molecule has 1 saturated carbocycles. The fourth-order valence-electron chi connectivity index (χ4n) is 6.24. The summed E-state index contributed by atoms with van der Waals surface area (Å²) in [5.41, 5.74) is 4.44. The van der Waals surface area contributed by atoms with Gasteiger partial charge in [-0.1, -0.05) is 69.1 Å². The second-order valence-electron chi connectivity index (χ2n) is 10.9. The van der Waals surface area contributed by atoms with Crippen molar-refractivity contribution in [3.05, 3.63) is 45.7 Å². The van der Waals surface area contributed by atoms with Crippen molar-refractivity contribution in [1.29, 1.82) is 0 Å². The number of benzene rings is 1. The first-order valence-corrected chi connectivity index (χ1v) is 13.2. The van der Waals surface area contributed by atoms with Crippen LogP contribution >= 0.6 is 11.8 Å². The van der Waals surface area contributed by atoms with Crippen LogP contribution in [-0.4, -0.2) is 27.0 Å². The number of hydrogen-bond donors (Lipinski definition) is 0. The van der Waals surface area contributed by atoms with E-state index < -0.39 is 0 Å². The Hall–Kier alpha value is -1.59. The number of nitrogens with zero attached hydrogens (tertiary/aromatic N) is 2. The average Bonchev–Trinajstić information content (AvgIpc) is 2.73. The molecule has 2 fully saturated rings. The van der Waals surface area contributed by atoms with Crippen molar-refractivity contribution < 1.29 is 4.74 Å². The van der Waals surface area contributed by atoms with Crippen LogP contribution in [0.5, 0.6) is 0 Å². The van der Waals surface area contributed by atoms with Crippen molar-refractivity contribution in [1.82, 2.24) is 9.55 Å². The maximum absolute atomic E-state index is 14.5. The van der Waals surface area contributed by atoms with Gasteiger partial charge in [0.25, 0.3) is 5.56 Å². The molecule has 2 aromatic rings. The van der Waals surface area contributed by atoms with Crippen molar-refractivity contribution in [2.75, 3.05) is 6.61 Å². The van der Waals surface area contributed by atoms with Crippen LogP contribution in [0.3, 0.4) is 0 Å². The first-order valence-electron chi connectivity index (χ1n) is 12.4. The molecule has 1 atom stereocenters. The predicted octanol–water partition coefficient (Wildman–Crippen LogP) is 6.30. The third-order valence-electron chi connectivity index (χ3n) is 7.60. The van der Waals surface area contributed by atoms with Gasteiger partial charge < -0.3 is 4.74 Å². The van der Waals surface area contributed by atoms with Crippen LogP contribution in [0.25, 0.3) is 11.3 Å². The molecule has 5 rings (SSSR count). The molecule has 4 nitrogen and oxygen atoms in total. The Bertz CT molecular complexity index is 1070. The van der Waals surface area contributed by atoms with Gasteiger partial charge in [0.1, 0.15) is 0 Å². The zero-order chi connectivity index (χ0) is 22.5. The molecule has 0 bridgehead atoms. The van der Waals surface area contributed by atoms with Crippen LogP contribution in [0.15, 0.2) is 34.2 Å². The SMILES string of the molecule is CC(C)Sc1nc2c(c(=O)n1[C@H]1CCOC(C)(C)C1)C1(CCCCC1)Cc1ccccc1-2. The smallest absolute Gasteiger partial charge is 0.258 e. The van der Waals surface area contributed by atoms with E-state index in [-0.39, 0.29) is 22.6 Å². The van der Waals surface area contributed by atoms with Gasteiger partial charge in [0.2, 0.25) is 0 Å². The molecule has 172 valence electrons. The van der Waals surface area contributed by atoms with E-state index in [1.165, 1.54) is 30.4 Å². The van der Waals surface area contributed by atoms with E-state index in [4.69, 9.17) is 9.72 Å². The maximum atomic E-state index is 14.5. The fourth-order valence-corrected chi connectivity index (χ4v) is 7.15. The third kappa shape index (κ3) is 3.86. The quantitative estimate of drug-likeness (QED) is 0.405. The molecule has 5 heteroatoms. The minimum Gasteiger partial charge on any atom is -0.375 e. The number of rotatable bonds is 3. The molecule has 1 saturated heterocycles. The van der Waals surface area contributed by atoms with Gasteiger partial charge in [-0.3, -0.25) is 9.36 Å². The van der Waals surface area contributed by atoms with Gasteiger partial charge in [-0.15, -0.1) is 0 Å². The van der Waals surface area contributed by atoms with E-state index in [0.29, 0.717) is 11.9 Å². The molecular weight excluding hydrogens is 416 g/mol. The lowest BCUT2D eigenvalue weighted by Gasteiger charge is -2.43. The van der Waals surface area contributed by atoms with Crippen LogP contribution in [0, 0.1) is 0 Å². The normalized spacial score (nSPS) is 23.7. The number of hydrogen-bond acceptors (Lipinski definition) is 4. The zero-order valence-electron chi connectivity index (χ0n) is 19.9. The van der Waals surface area contributed by atoms with Crippen molar-refractivity contribution >= 4 is 11.8 Å². The number of thioether (sulfide) groups is 1. The molecule has 1 spiro atoms. The predicted molar refractivity (Wildman–Crippen MR) is 132 cm³/mol. The molecule has 2 heterocycles. The van der Waals surface area contributed by atoms with E-state index in [0.717, 1.165) is 48.5 Å². The summed E-state index contributed by atoms with van der Waals surface area (Å²) in [5.74, 6) is 0. The summed E-state index contributed by atoms with van der Waals surface area (Å²) in [6.45, 7) is 9.35. The summed E-state index contributed by atoms with van der Waals surface area (Å²) in [6, 6.07) is 8.78. The zero-order valence-corrected chi connectivity index (χ0v) is 20.8. The Morgan fingerprint density at radius 2 is 1.91 bits per heavy atom. The minimum atomic E-state index is -0.215. The van der Waals surface area contributed by atoms with E-state index in [2.05, 4.69) is 56.5 Å². The molecule has 1 aromatic heterocycles. The third-order valence-corrected chi connectivity index (χ3v) is 8.57. The highest BCUT2D eigenvalue weighted by Gasteiger charge is 2.44. The van der Waals surface area contributed by atoms with Crippen LogP contribution in [-0.2, 0) is 16.6 Å². The molecule has 0 N–H and O–H groups in total. The lowest BCUT2D eigenvalue weighted by Crippen LogP contribution is -2.46.